The highest BCUT2D eigenvalue weighted by Gasteiger charge is 2.13. The SMILES string of the molecule is CC(O)CCC(CCO)C(C)C. The van der Waals surface area contributed by atoms with Gasteiger partial charge in [0, 0.05) is 6.61 Å². The summed E-state index contributed by atoms with van der Waals surface area (Å²) in [6, 6.07) is 0. The second-order valence-corrected chi connectivity index (χ2v) is 3.94. The molecular weight excluding hydrogens is 152 g/mol. The zero-order chi connectivity index (χ0) is 9.56. The van der Waals surface area contributed by atoms with Crippen molar-refractivity contribution in [1.82, 2.24) is 0 Å². The maximum Gasteiger partial charge on any atom is 0.0512 e. The summed E-state index contributed by atoms with van der Waals surface area (Å²) in [5.74, 6) is 1.17. The van der Waals surface area contributed by atoms with E-state index in [1.54, 1.807) is 0 Å². The summed E-state index contributed by atoms with van der Waals surface area (Å²) in [5, 5.41) is 17.9. The molecule has 0 saturated heterocycles. The molecule has 0 amide bonds. The smallest absolute Gasteiger partial charge is 0.0512 e. The molecule has 0 saturated carbocycles. The highest BCUT2D eigenvalue weighted by molar-refractivity contribution is 4.64. The van der Waals surface area contributed by atoms with Gasteiger partial charge in [0.15, 0.2) is 0 Å². The molecule has 0 aromatic heterocycles. The van der Waals surface area contributed by atoms with E-state index in [-0.39, 0.29) is 12.7 Å². The van der Waals surface area contributed by atoms with E-state index in [0.717, 1.165) is 19.3 Å². The molecule has 74 valence electrons. The van der Waals surface area contributed by atoms with Crippen LogP contribution in [0.2, 0.25) is 0 Å². The topological polar surface area (TPSA) is 40.5 Å². The van der Waals surface area contributed by atoms with Crippen LogP contribution in [0, 0.1) is 11.8 Å². The molecule has 0 bridgehead atoms. The first-order chi connectivity index (χ1) is 5.57. The van der Waals surface area contributed by atoms with E-state index < -0.39 is 0 Å². The molecule has 0 radical (unpaired) electrons. The third-order valence-corrected chi connectivity index (χ3v) is 2.40. The van der Waals surface area contributed by atoms with Gasteiger partial charge in [0.05, 0.1) is 6.10 Å². The van der Waals surface area contributed by atoms with Crippen LogP contribution in [-0.4, -0.2) is 22.9 Å². The van der Waals surface area contributed by atoms with Crippen LogP contribution in [0.15, 0.2) is 0 Å². The molecule has 0 aliphatic carbocycles. The number of rotatable bonds is 6. The van der Waals surface area contributed by atoms with Gasteiger partial charge in [-0.2, -0.15) is 0 Å². The van der Waals surface area contributed by atoms with E-state index in [2.05, 4.69) is 13.8 Å². The highest BCUT2D eigenvalue weighted by Crippen LogP contribution is 2.21. The predicted molar refractivity (Wildman–Crippen MR) is 50.9 cm³/mol. The first-order valence-corrected chi connectivity index (χ1v) is 4.86. The number of hydrogen-bond acceptors (Lipinski definition) is 2. The fourth-order valence-electron chi connectivity index (χ4n) is 1.43. The second kappa shape index (κ2) is 6.44. The largest absolute Gasteiger partial charge is 0.396 e. The average Bonchev–Trinajstić information content (AvgIpc) is 1.96. The summed E-state index contributed by atoms with van der Waals surface area (Å²) in [5.41, 5.74) is 0. The monoisotopic (exact) mass is 174 g/mol. The van der Waals surface area contributed by atoms with Gasteiger partial charge in [-0.25, -0.2) is 0 Å². The van der Waals surface area contributed by atoms with Crippen LogP contribution in [0.1, 0.15) is 40.0 Å². The molecule has 0 rings (SSSR count). The molecule has 2 N–H and O–H groups in total. The average molecular weight is 174 g/mol. The lowest BCUT2D eigenvalue weighted by Crippen LogP contribution is -2.13. The highest BCUT2D eigenvalue weighted by atomic mass is 16.3. The Kier molecular flexibility index (Phi) is 6.39. The zero-order valence-electron chi connectivity index (χ0n) is 8.45. The van der Waals surface area contributed by atoms with Gasteiger partial charge in [-0.1, -0.05) is 13.8 Å². The molecular formula is C10H22O2. The van der Waals surface area contributed by atoms with Crippen LogP contribution in [0.5, 0.6) is 0 Å². The van der Waals surface area contributed by atoms with Crippen molar-refractivity contribution < 1.29 is 10.2 Å². The van der Waals surface area contributed by atoms with Gasteiger partial charge in [0.25, 0.3) is 0 Å². The van der Waals surface area contributed by atoms with Crippen molar-refractivity contribution in [3.05, 3.63) is 0 Å². The van der Waals surface area contributed by atoms with Gasteiger partial charge in [-0.05, 0) is 38.0 Å². The Morgan fingerprint density at radius 3 is 1.92 bits per heavy atom. The van der Waals surface area contributed by atoms with Crippen molar-refractivity contribution >= 4 is 0 Å². The van der Waals surface area contributed by atoms with Crippen molar-refractivity contribution in [3.63, 3.8) is 0 Å². The zero-order valence-corrected chi connectivity index (χ0v) is 8.45. The van der Waals surface area contributed by atoms with Crippen LogP contribution in [0.3, 0.4) is 0 Å². The Morgan fingerprint density at radius 2 is 1.58 bits per heavy atom. The van der Waals surface area contributed by atoms with E-state index in [1.807, 2.05) is 6.92 Å². The standard InChI is InChI=1S/C10H22O2/c1-8(2)10(6-7-11)5-4-9(3)12/h8-12H,4-7H2,1-3H3. The third-order valence-electron chi connectivity index (χ3n) is 2.40. The van der Waals surface area contributed by atoms with Crippen LogP contribution in [0.25, 0.3) is 0 Å². The summed E-state index contributed by atoms with van der Waals surface area (Å²) in [4.78, 5) is 0. The van der Waals surface area contributed by atoms with Gasteiger partial charge in [0.1, 0.15) is 0 Å². The summed E-state index contributed by atoms with van der Waals surface area (Å²) in [6.07, 6.45) is 2.54. The third kappa shape index (κ3) is 5.56. The maximum atomic E-state index is 9.09. The molecule has 2 atom stereocenters. The van der Waals surface area contributed by atoms with Gasteiger partial charge >= 0.3 is 0 Å². The fourth-order valence-corrected chi connectivity index (χ4v) is 1.43. The molecule has 2 nitrogen and oxygen atoms in total. The van der Waals surface area contributed by atoms with Gasteiger partial charge in [-0.3, -0.25) is 0 Å². The van der Waals surface area contributed by atoms with Crippen molar-refractivity contribution in [1.29, 1.82) is 0 Å². The lowest BCUT2D eigenvalue weighted by molar-refractivity contribution is 0.156. The van der Waals surface area contributed by atoms with Crippen LogP contribution in [-0.2, 0) is 0 Å². The number of hydrogen-bond donors (Lipinski definition) is 2. The molecule has 0 fully saturated rings. The minimum Gasteiger partial charge on any atom is -0.396 e. The van der Waals surface area contributed by atoms with E-state index in [1.165, 1.54) is 0 Å². The lowest BCUT2D eigenvalue weighted by Gasteiger charge is -2.20. The van der Waals surface area contributed by atoms with Crippen molar-refractivity contribution in [2.45, 2.75) is 46.1 Å². The van der Waals surface area contributed by atoms with Crippen molar-refractivity contribution in [2.24, 2.45) is 11.8 Å². The van der Waals surface area contributed by atoms with E-state index in [9.17, 15) is 0 Å². The Labute approximate surface area is 75.6 Å². The van der Waals surface area contributed by atoms with E-state index >= 15 is 0 Å². The van der Waals surface area contributed by atoms with E-state index in [4.69, 9.17) is 10.2 Å². The Bertz CT molecular complexity index is 100. The Hall–Kier alpha value is -0.0800. The summed E-state index contributed by atoms with van der Waals surface area (Å²) >= 11 is 0. The molecule has 2 heteroatoms. The molecule has 0 aromatic carbocycles. The van der Waals surface area contributed by atoms with Gasteiger partial charge < -0.3 is 10.2 Å². The quantitative estimate of drug-likeness (QED) is 0.644. The number of aliphatic hydroxyl groups is 2. The first kappa shape index (κ1) is 11.9. The summed E-state index contributed by atoms with van der Waals surface area (Å²) in [6.45, 7) is 6.42. The van der Waals surface area contributed by atoms with Crippen LogP contribution >= 0.6 is 0 Å². The Morgan fingerprint density at radius 1 is 1.00 bits per heavy atom. The molecule has 12 heavy (non-hydrogen) atoms. The number of aliphatic hydroxyl groups excluding tert-OH is 2. The Balaban J connectivity index is 3.63. The predicted octanol–water partition coefficient (Wildman–Crippen LogP) is 1.80. The normalized spacial score (nSPS) is 16.5. The van der Waals surface area contributed by atoms with Crippen molar-refractivity contribution in [2.75, 3.05) is 6.61 Å². The van der Waals surface area contributed by atoms with E-state index in [0.29, 0.717) is 11.8 Å². The molecule has 0 aliphatic heterocycles. The van der Waals surface area contributed by atoms with Gasteiger partial charge in [-0.15, -0.1) is 0 Å². The molecule has 0 spiro atoms. The first-order valence-electron chi connectivity index (χ1n) is 4.86. The molecule has 0 aromatic rings. The minimum absolute atomic E-state index is 0.204. The van der Waals surface area contributed by atoms with Crippen LogP contribution < -0.4 is 0 Å². The molecule has 0 heterocycles. The van der Waals surface area contributed by atoms with Crippen molar-refractivity contribution in [3.8, 4) is 0 Å². The molecule has 0 aliphatic rings. The second-order valence-electron chi connectivity index (χ2n) is 3.94. The lowest BCUT2D eigenvalue weighted by atomic mass is 9.88. The van der Waals surface area contributed by atoms with Gasteiger partial charge in [0.2, 0.25) is 0 Å². The maximum absolute atomic E-state index is 9.09. The van der Waals surface area contributed by atoms with Crippen LogP contribution in [0.4, 0.5) is 0 Å². The summed E-state index contributed by atoms with van der Waals surface area (Å²) < 4.78 is 0. The fraction of sp³-hybridized carbons (Fsp3) is 1.00. The molecule has 2 unspecified atom stereocenters. The summed E-state index contributed by atoms with van der Waals surface area (Å²) in [7, 11) is 0. The minimum atomic E-state index is -0.204.